The molecule has 1 heterocycles. The molecule has 1 amide bonds. The normalized spacial score (nSPS) is 10.2. The molecule has 0 aliphatic carbocycles. The lowest BCUT2D eigenvalue weighted by molar-refractivity contribution is 0.209. The molecule has 0 bridgehead atoms. The fourth-order valence-electron chi connectivity index (χ4n) is 1.50. The fourth-order valence-corrected chi connectivity index (χ4v) is 1.50. The van der Waals surface area contributed by atoms with Crippen LogP contribution >= 0.6 is 0 Å². The zero-order chi connectivity index (χ0) is 12.3. The molecule has 6 heteroatoms. The van der Waals surface area contributed by atoms with Crippen LogP contribution < -0.4 is 5.32 Å². The molecule has 0 saturated carbocycles. The summed E-state index contributed by atoms with van der Waals surface area (Å²) in [5.41, 5.74) is 1.15. The van der Waals surface area contributed by atoms with Crippen molar-refractivity contribution in [1.82, 2.24) is 9.78 Å². The largest absolute Gasteiger partial charge is 0.465 e. The molecular formula is C11H11N3O3. The summed E-state index contributed by atoms with van der Waals surface area (Å²) in [6.07, 6.45) is 0.232. The molecule has 0 aliphatic rings. The third-order valence-corrected chi connectivity index (χ3v) is 2.24. The van der Waals surface area contributed by atoms with E-state index in [1.807, 2.05) is 18.2 Å². The van der Waals surface area contributed by atoms with Crippen LogP contribution in [-0.4, -0.2) is 26.1 Å². The number of nitrogens with one attached hydrogen (secondary N) is 1. The lowest BCUT2D eigenvalue weighted by Crippen LogP contribution is -2.13. The summed E-state index contributed by atoms with van der Waals surface area (Å²) in [7, 11) is 0. The Morgan fingerprint density at radius 3 is 2.65 bits per heavy atom. The average Bonchev–Trinajstić information content (AvgIpc) is 2.72. The molecule has 2 rings (SSSR count). The van der Waals surface area contributed by atoms with Crippen molar-refractivity contribution in [2.24, 2.45) is 0 Å². The van der Waals surface area contributed by atoms with Crippen LogP contribution in [0.25, 0.3) is 5.69 Å². The van der Waals surface area contributed by atoms with E-state index in [-0.39, 0.29) is 12.4 Å². The van der Waals surface area contributed by atoms with E-state index >= 15 is 0 Å². The second-order valence-corrected chi connectivity index (χ2v) is 3.35. The fraction of sp³-hybridized carbons (Fsp3) is 0.0909. The van der Waals surface area contributed by atoms with E-state index in [0.717, 1.165) is 5.69 Å². The van der Waals surface area contributed by atoms with E-state index in [1.54, 1.807) is 12.1 Å². The van der Waals surface area contributed by atoms with Crippen LogP contribution in [0.3, 0.4) is 0 Å². The predicted molar refractivity (Wildman–Crippen MR) is 61.1 cm³/mol. The number of aliphatic hydroxyl groups is 1. The summed E-state index contributed by atoms with van der Waals surface area (Å²) in [5, 5.41) is 24.1. The first-order valence-electron chi connectivity index (χ1n) is 4.95. The minimum absolute atomic E-state index is 0.256. The van der Waals surface area contributed by atoms with Crippen molar-refractivity contribution in [1.29, 1.82) is 0 Å². The summed E-state index contributed by atoms with van der Waals surface area (Å²) in [6, 6.07) is 9.08. The van der Waals surface area contributed by atoms with Crippen LogP contribution in [0.15, 0.2) is 36.5 Å². The van der Waals surface area contributed by atoms with E-state index in [2.05, 4.69) is 10.4 Å². The Labute approximate surface area is 97.1 Å². The Bertz CT molecular complexity index is 522. The number of anilines is 1. The molecule has 0 unspecified atom stereocenters. The van der Waals surface area contributed by atoms with Gasteiger partial charge in [0.1, 0.15) is 5.82 Å². The molecule has 1 aromatic carbocycles. The van der Waals surface area contributed by atoms with Crippen molar-refractivity contribution in [3.8, 4) is 5.69 Å². The van der Waals surface area contributed by atoms with Gasteiger partial charge in [-0.3, -0.25) is 5.32 Å². The highest BCUT2D eigenvalue weighted by molar-refractivity contribution is 5.83. The maximum absolute atomic E-state index is 10.7. The van der Waals surface area contributed by atoms with E-state index in [9.17, 15) is 4.79 Å². The number of aromatic nitrogens is 2. The van der Waals surface area contributed by atoms with Crippen LogP contribution in [0.5, 0.6) is 0 Å². The molecule has 6 nitrogen and oxygen atoms in total. The Balaban J connectivity index is 2.47. The van der Waals surface area contributed by atoms with Crippen molar-refractivity contribution in [2.45, 2.75) is 6.61 Å². The first kappa shape index (κ1) is 11.2. The Hall–Kier alpha value is -2.34. The van der Waals surface area contributed by atoms with Gasteiger partial charge in [0.05, 0.1) is 18.5 Å². The maximum atomic E-state index is 10.7. The second-order valence-electron chi connectivity index (χ2n) is 3.35. The van der Waals surface area contributed by atoms with Crippen LogP contribution in [0.2, 0.25) is 0 Å². The first-order chi connectivity index (χ1) is 8.22. The highest BCUT2D eigenvalue weighted by atomic mass is 16.4. The SMILES string of the molecule is O=C(O)Nc1c(CO)cnn1-c1ccccc1. The van der Waals surface area contributed by atoms with Gasteiger partial charge >= 0.3 is 6.09 Å². The molecule has 2 aromatic rings. The molecule has 0 saturated heterocycles. The monoisotopic (exact) mass is 233 g/mol. The van der Waals surface area contributed by atoms with Gasteiger partial charge in [0.25, 0.3) is 0 Å². The lowest BCUT2D eigenvalue weighted by Gasteiger charge is -2.08. The summed E-state index contributed by atoms with van der Waals surface area (Å²) in [6.45, 7) is -0.275. The molecule has 0 atom stereocenters. The zero-order valence-electron chi connectivity index (χ0n) is 8.87. The van der Waals surface area contributed by atoms with Gasteiger partial charge in [-0.25, -0.2) is 9.48 Å². The van der Waals surface area contributed by atoms with Crippen LogP contribution in [-0.2, 0) is 6.61 Å². The maximum Gasteiger partial charge on any atom is 0.410 e. The lowest BCUT2D eigenvalue weighted by atomic mass is 10.3. The van der Waals surface area contributed by atoms with Crippen LogP contribution in [0.4, 0.5) is 10.6 Å². The quantitative estimate of drug-likeness (QED) is 0.748. The molecule has 88 valence electrons. The molecule has 3 N–H and O–H groups in total. The standard InChI is InChI=1S/C11H11N3O3/c15-7-8-6-12-14(10(8)13-11(16)17)9-4-2-1-3-5-9/h1-6,13,15H,7H2,(H,16,17). The Morgan fingerprint density at radius 1 is 1.35 bits per heavy atom. The number of carbonyl (C=O) groups is 1. The minimum atomic E-state index is -1.20. The van der Waals surface area contributed by atoms with Crippen molar-refractivity contribution in [3.63, 3.8) is 0 Å². The minimum Gasteiger partial charge on any atom is -0.465 e. The Morgan fingerprint density at radius 2 is 2.06 bits per heavy atom. The highest BCUT2D eigenvalue weighted by Gasteiger charge is 2.13. The molecular weight excluding hydrogens is 222 g/mol. The van der Waals surface area contributed by atoms with Gasteiger partial charge in [-0.15, -0.1) is 0 Å². The summed E-state index contributed by atoms with van der Waals surface area (Å²) < 4.78 is 1.43. The molecule has 0 aliphatic heterocycles. The second kappa shape index (κ2) is 4.67. The summed E-state index contributed by atoms with van der Waals surface area (Å²) in [4.78, 5) is 10.7. The van der Waals surface area contributed by atoms with Gasteiger partial charge in [-0.05, 0) is 12.1 Å². The van der Waals surface area contributed by atoms with E-state index < -0.39 is 6.09 Å². The van der Waals surface area contributed by atoms with Gasteiger partial charge in [-0.1, -0.05) is 18.2 Å². The number of para-hydroxylation sites is 1. The smallest absolute Gasteiger partial charge is 0.410 e. The third-order valence-electron chi connectivity index (χ3n) is 2.24. The molecule has 0 fully saturated rings. The highest BCUT2D eigenvalue weighted by Crippen LogP contribution is 2.19. The third kappa shape index (κ3) is 2.26. The Kier molecular flexibility index (Phi) is 3.06. The molecule has 0 spiro atoms. The predicted octanol–water partition coefficient (Wildman–Crippen LogP) is 1.45. The average molecular weight is 233 g/mol. The van der Waals surface area contributed by atoms with Gasteiger partial charge in [0.15, 0.2) is 0 Å². The van der Waals surface area contributed by atoms with Gasteiger partial charge in [0, 0.05) is 5.56 Å². The molecule has 0 radical (unpaired) electrons. The van der Waals surface area contributed by atoms with Gasteiger partial charge in [0.2, 0.25) is 0 Å². The van der Waals surface area contributed by atoms with Crippen molar-refractivity contribution in [2.75, 3.05) is 5.32 Å². The summed E-state index contributed by atoms with van der Waals surface area (Å²) in [5.74, 6) is 0.256. The van der Waals surface area contributed by atoms with E-state index in [4.69, 9.17) is 10.2 Å². The van der Waals surface area contributed by atoms with Crippen LogP contribution in [0, 0.1) is 0 Å². The van der Waals surface area contributed by atoms with Crippen molar-refractivity contribution < 1.29 is 15.0 Å². The first-order valence-corrected chi connectivity index (χ1v) is 4.95. The van der Waals surface area contributed by atoms with E-state index in [1.165, 1.54) is 10.9 Å². The van der Waals surface area contributed by atoms with Crippen LogP contribution in [0.1, 0.15) is 5.56 Å². The van der Waals surface area contributed by atoms with Crippen molar-refractivity contribution >= 4 is 11.9 Å². The molecule has 17 heavy (non-hydrogen) atoms. The number of hydrogen-bond donors (Lipinski definition) is 3. The number of aliphatic hydroxyl groups excluding tert-OH is 1. The topological polar surface area (TPSA) is 87.4 Å². The molecule has 1 aromatic heterocycles. The van der Waals surface area contributed by atoms with Gasteiger partial charge < -0.3 is 10.2 Å². The zero-order valence-corrected chi connectivity index (χ0v) is 8.87. The van der Waals surface area contributed by atoms with E-state index in [0.29, 0.717) is 5.56 Å². The van der Waals surface area contributed by atoms with Crippen molar-refractivity contribution in [3.05, 3.63) is 42.1 Å². The number of carboxylic acid groups (broad SMARTS) is 1. The number of hydrogen-bond acceptors (Lipinski definition) is 3. The number of rotatable bonds is 3. The van der Waals surface area contributed by atoms with Gasteiger partial charge in [-0.2, -0.15) is 5.10 Å². The number of benzene rings is 1. The summed E-state index contributed by atoms with van der Waals surface area (Å²) >= 11 is 0. The number of amides is 1. The number of nitrogens with zero attached hydrogens (tertiary/aromatic N) is 2.